The Morgan fingerprint density at radius 2 is 1.70 bits per heavy atom. The lowest BCUT2D eigenvalue weighted by molar-refractivity contribution is -0.0118. The van der Waals surface area contributed by atoms with Crippen molar-refractivity contribution in [1.82, 2.24) is 4.90 Å². The fourth-order valence-corrected chi connectivity index (χ4v) is 3.72. The number of benzene rings is 3. The largest absolute Gasteiger partial charge is 0.491 e. The second-order valence-corrected chi connectivity index (χ2v) is 8.12. The van der Waals surface area contributed by atoms with Crippen LogP contribution in [0.1, 0.15) is 22.1 Å². The molecule has 0 N–H and O–H groups in total. The quantitative estimate of drug-likeness (QED) is 0.449. The van der Waals surface area contributed by atoms with Crippen molar-refractivity contribution in [2.75, 3.05) is 13.2 Å². The fraction of sp³-hybridized carbons (Fsp3) is 0.174. The summed E-state index contributed by atoms with van der Waals surface area (Å²) in [6, 6.07) is 21.4. The number of halogens is 3. The Kier molecular flexibility index (Phi) is 6.49. The van der Waals surface area contributed by atoms with Gasteiger partial charge >= 0.3 is 0 Å². The van der Waals surface area contributed by atoms with Crippen LogP contribution in [0, 0.1) is 0 Å². The average molecular weight is 463 g/mol. The lowest BCUT2D eigenvalue weighted by Gasteiger charge is -2.23. The predicted octanol–water partition coefficient (Wildman–Crippen LogP) is 6.27. The van der Waals surface area contributed by atoms with Crippen molar-refractivity contribution in [2.45, 2.75) is 12.3 Å². The van der Waals surface area contributed by atoms with Crippen LogP contribution in [-0.4, -0.2) is 30.1 Å². The minimum atomic E-state index is -0.591. The Morgan fingerprint density at radius 1 is 0.967 bits per heavy atom. The second-order valence-electron chi connectivity index (χ2n) is 6.87. The fourth-order valence-electron chi connectivity index (χ4n) is 3.29. The summed E-state index contributed by atoms with van der Waals surface area (Å²) in [5, 5.41) is 1.49. The van der Waals surface area contributed by atoms with Gasteiger partial charge in [0.15, 0.2) is 6.23 Å². The maximum absolute atomic E-state index is 13.2. The molecule has 0 bridgehead atoms. The van der Waals surface area contributed by atoms with Crippen molar-refractivity contribution in [3.63, 3.8) is 0 Å². The Bertz CT molecular complexity index is 1030. The van der Waals surface area contributed by atoms with Gasteiger partial charge in [0.05, 0.1) is 16.6 Å². The lowest BCUT2D eigenvalue weighted by atomic mass is 10.1. The zero-order chi connectivity index (χ0) is 21.1. The van der Waals surface area contributed by atoms with Crippen LogP contribution in [0.4, 0.5) is 0 Å². The molecule has 0 aromatic heterocycles. The molecule has 3 aromatic rings. The number of carbonyl (C=O) groups is 1. The van der Waals surface area contributed by atoms with Gasteiger partial charge in [-0.05, 0) is 48.5 Å². The van der Waals surface area contributed by atoms with Gasteiger partial charge in [-0.2, -0.15) is 0 Å². The van der Waals surface area contributed by atoms with Crippen LogP contribution in [0.15, 0.2) is 72.8 Å². The molecule has 1 amide bonds. The Hall–Kier alpha value is -2.24. The van der Waals surface area contributed by atoms with E-state index in [9.17, 15) is 4.79 Å². The average Bonchev–Trinajstić information content (AvgIpc) is 3.19. The van der Waals surface area contributed by atoms with Crippen LogP contribution in [-0.2, 0) is 4.74 Å². The number of rotatable bonds is 5. The highest BCUT2D eigenvalue weighted by Crippen LogP contribution is 2.35. The first-order valence-electron chi connectivity index (χ1n) is 9.36. The number of ether oxygens (including phenoxy) is 2. The van der Waals surface area contributed by atoms with E-state index in [0.29, 0.717) is 32.9 Å². The zero-order valence-electron chi connectivity index (χ0n) is 15.8. The van der Waals surface area contributed by atoms with Crippen molar-refractivity contribution in [2.24, 2.45) is 0 Å². The molecule has 1 aliphatic rings. The van der Waals surface area contributed by atoms with E-state index in [-0.39, 0.29) is 18.6 Å². The van der Waals surface area contributed by atoms with Gasteiger partial charge in [-0.3, -0.25) is 4.79 Å². The number of hydrogen-bond donors (Lipinski definition) is 0. The van der Waals surface area contributed by atoms with Gasteiger partial charge in [0.2, 0.25) is 0 Å². The first-order valence-corrected chi connectivity index (χ1v) is 10.5. The highest BCUT2D eigenvalue weighted by Gasteiger charge is 2.38. The van der Waals surface area contributed by atoms with Gasteiger partial charge in [0.1, 0.15) is 18.5 Å². The van der Waals surface area contributed by atoms with Crippen LogP contribution in [0.3, 0.4) is 0 Å². The predicted molar refractivity (Wildman–Crippen MR) is 119 cm³/mol. The van der Waals surface area contributed by atoms with E-state index in [0.717, 1.165) is 5.56 Å². The molecule has 4 nitrogen and oxygen atoms in total. The molecule has 0 unspecified atom stereocenters. The smallest absolute Gasteiger partial charge is 0.256 e. The van der Waals surface area contributed by atoms with Gasteiger partial charge in [0, 0.05) is 16.1 Å². The molecule has 0 radical (unpaired) electrons. The molecule has 0 saturated carbocycles. The molecular weight excluding hydrogens is 445 g/mol. The third kappa shape index (κ3) is 4.73. The molecular formula is C23H18Cl3NO3. The molecule has 4 rings (SSSR count). The number of carbonyl (C=O) groups excluding carboxylic acids is 1. The molecule has 2 atom stereocenters. The van der Waals surface area contributed by atoms with Gasteiger partial charge in [0.25, 0.3) is 5.91 Å². The molecule has 7 heteroatoms. The lowest BCUT2D eigenvalue weighted by Crippen LogP contribution is -2.32. The Morgan fingerprint density at radius 3 is 2.40 bits per heavy atom. The summed E-state index contributed by atoms with van der Waals surface area (Å²) in [7, 11) is 0. The maximum Gasteiger partial charge on any atom is 0.256 e. The highest BCUT2D eigenvalue weighted by atomic mass is 35.5. The van der Waals surface area contributed by atoms with Crippen LogP contribution < -0.4 is 4.74 Å². The molecule has 1 fully saturated rings. The van der Waals surface area contributed by atoms with E-state index in [1.54, 1.807) is 53.4 Å². The SMILES string of the molecule is O=C(c1ccccc1)N1C[C@@H](COc2ccc(Cl)cc2)O[C@@H]1c1ccc(Cl)c(Cl)c1. The third-order valence-corrected chi connectivity index (χ3v) is 5.76. The van der Waals surface area contributed by atoms with E-state index in [1.165, 1.54) is 0 Å². The van der Waals surface area contributed by atoms with Crippen LogP contribution in [0.2, 0.25) is 15.1 Å². The summed E-state index contributed by atoms with van der Waals surface area (Å²) >= 11 is 18.2. The first kappa shape index (κ1) is 21.0. The molecule has 0 spiro atoms. The van der Waals surface area contributed by atoms with Crippen molar-refractivity contribution >= 4 is 40.7 Å². The van der Waals surface area contributed by atoms with Gasteiger partial charge in [-0.25, -0.2) is 0 Å². The monoisotopic (exact) mass is 461 g/mol. The number of amides is 1. The third-order valence-electron chi connectivity index (χ3n) is 4.76. The minimum Gasteiger partial charge on any atom is -0.491 e. The normalized spacial score (nSPS) is 18.4. The molecule has 30 heavy (non-hydrogen) atoms. The van der Waals surface area contributed by atoms with Gasteiger partial charge in [-0.1, -0.05) is 59.1 Å². The maximum atomic E-state index is 13.2. The molecule has 1 saturated heterocycles. The van der Waals surface area contributed by atoms with Crippen LogP contribution >= 0.6 is 34.8 Å². The van der Waals surface area contributed by atoms with Gasteiger partial charge in [-0.15, -0.1) is 0 Å². The summed E-state index contributed by atoms with van der Waals surface area (Å²) in [5.74, 6) is 0.558. The van der Waals surface area contributed by atoms with Gasteiger partial charge < -0.3 is 14.4 Å². The van der Waals surface area contributed by atoms with Crippen molar-refractivity contribution in [3.8, 4) is 5.75 Å². The second kappa shape index (κ2) is 9.27. The molecule has 3 aromatic carbocycles. The molecule has 154 valence electrons. The van der Waals surface area contributed by atoms with E-state index < -0.39 is 6.23 Å². The number of nitrogens with zero attached hydrogens (tertiary/aromatic N) is 1. The van der Waals surface area contributed by atoms with E-state index in [1.807, 2.05) is 24.3 Å². The number of hydrogen-bond acceptors (Lipinski definition) is 3. The van der Waals surface area contributed by atoms with Crippen molar-refractivity contribution in [3.05, 3.63) is 99.0 Å². The van der Waals surface area contributed by atoms with Crippen LogP contribution in [0.5, 0.6) is 5.75 Å². The summed E-state index contributed by atoms with van der Waals surface area (Å²) in [4.78, 5) is 14.9. The Labute approximate surface area is 189 Å². The van der Waals surface area contributed by atoms with E-state index in [2.05, 4.69) is 0 Å². The van der Waals surface area contributed by atoms with Crippen molar-refractivity contribution in [1.29, 1.82) is 0 Å². The summed E-state index contributed by atoms with van der Waals surface area (Å²) in [6.45, 7) is 0.671. The molecule has 1 heterocycles. The summed E-state index contributed by atoms with van der Waals surface area (Å²) in [6.07, 6.45) is -0.904. The zero-order valence-corrected chi connectivity index (χ0v) is 18.1. The minimum absolute atomic E-state index is 0.124. The standard InChI is InChI=1S/C23H18Cl3NO3/c24-17-7-9-18(10-8-17)29-14-19-13-27(22(28)15-4-2-1-3-5-15)23(30-19)16-6-11-20(25)21(26)12-16/h1-12,19,23H,13-14H2/t19-,23+/m0/s1. The topological polar surface area (TPSA) is 38.8 Å². The first-order chi connectivity index (χ1) is 14.5. The Balaban J connectivity index is 1.55. The summed E-state index contributed by atoms with van der Waals surface area (Å²) < 4.78 is 12.0. The van der Waals surface area contributed by atoms with E-state index in [4.69, 9.17) is 44.3 Å². The summed E-state index contributed by atoms with van der Waals surface area (Å²) in [5.41, 5.74) is 1.34. The van der Waals surface area contributed by atoms with Crippen molar-refractivity contribution < 1.29 is 14.3 Å². The highest BCUT2D eigenvalue weighted by molar-refractivity contribution is 6.42. The van der Waals surface area contributed by atoms with Crippen LogP contribution in [0.25, 0.3) is 0 Å². The molecule has 0 aliphatic carbocycles. The van der Waals surface area contributed by atoms with E-state index >= 15 is 0 Å². The molecule has 1 aliphatic heterocycles.